The molecule has 1 atom stereocenters. The van der Waals surface area contributed by atoms with Gasteiger partial charge >= 0.3 is 0 Å². The number of hydrogen-bond acceptors (Lipinski definition) is 0. The first kappa shape index (κ1) is 8.79. The molecule has 0 radical (unpaired) electrons. The van der Waals surface area contributed by atoms with Gasteiger partial charge in [-0.15, -0.1) is 0 Å². The Balaban J connectivity index is 2.75. The van der Waals surface area contributed by atoms with E-state index < -0.39 is 8.07 Å². The zero-order valence-corrected chi connectivity index (χ0v) is 9.02. The van der Waals surface area contributed by atoms with Gasteiger partial charge in [0.1, 0.15) is 0 Å². The van der Waals surface area contributed by atoms with Crippen molar-refractivity contribution >= 4 is 8.07 Å². The van der Waals surface area contributed by atoms with Crippen LogP contribution in [-0.2, 0) is 0 Å². The Kier molecular flexibility index (Phi) is 2.38. The number of rotatable bonds is 2. The molecule has 11 heavy (non-hydrogen) atoms. The van der Waals surface area contributed by atoms with Crippen LogP contribution in [0.5, 0.6) is 0 Å². The molecule has 0 heterocycles. The second kappa shape index (κ2) is 2.98. The monoisotopic (exact) mass is 166 g/mol. The molecule has 0 N–H and O–H groups in total. The molecule has 0 amide bonds. The zero-order chi connectivity index (χ0) is 8.48. The second-order valence-corrected chi connectivity index (χ2v) is 9.68. The van der Waals surface area contributed by atoms with Gasteiger partial charge in [-0.2, -0.15) is 0 Å². The molecule has 1 aliphatic carbocycles. The molecule has 0 aliphatic heterocycles. The van der Waals surface area contributed by atoms with Gasteiger partial charge in [-0.05, 0) is 12.0 Å². The van der Waals surface area contributed by atoms with Crippen molar-refractivity contribution in [2.45, 2.75) is 38.5 Å². The van der Waals surface area contributed by atoms with Crippen molar-refractivity contribution in [2.75, 3.05) is 0 Å². The van der Waals surface area contributed by atoms with Crippen molar-refractivity contribution in [3.63, 3.8) is 0 Å². The van der Waals surface area contributed by atoms with Crippen LogP contribution in [-0.4, -0.2) is 8.07 Å². The lowest BCUT2D eigenvalue weighted by molar-refractivity contribution is 1.02. The van der Waals surface area contributed by atoms with Crippen LogP contribution in [0.3, 0.4) is 0 Å². The largest absolute Gasteiger partial charge is 0.0801 e. The minimum Gasteiger partial charge on any atom is -0.0801 e. The Morgan fingerprint density at radius 1 is 1.36 bits per heavy atom. The van der Waals surface area contributed by atoms with E-state index in [1.807, 2.05) is 0 Å². The summed E-state index contributed by atoms with van der Waals surface area (Å²) in [6.45, 7) is 9.58. The molecule has 0 saturated heterocycles. The standard InChI is InChI=1S/C10H18Si/c1-5-9-7-6-8-10(9)11(2,3)4/h6-8,10H,5H2,1-4H3/t10-/m1/s1. The van der Waals surface area contributed by atoms with E-state index in [4.69, 9.17) is 0 Å². The number of allylic oxidation sites excluding steroid dienone is 4. The van der Waals surface area contributed by atoms with Gasteiger partial charge in [0.25, 0.3) is 0 Å². The second-order valence-electron chi connectivity index (χ2n) is 4.32. The lowest BCUT2D eigenvalue weighted by atomic mass is 10.2. The first-order valence-corrected chi connectivity index (χ1v) is 8.00. The Morgan fingerprint density at radius 3 is 2.36 bits per heavy atom. The predicted molar refractivity (Wildman–Crippen MR) is 54.6 cm³/mol. The summed E-state index contributed by atoms with van der Waals surface area (Å²) in [5.74, 6) is 0. The highest BCUT2D eigenvalue weighted by molar-refractivity contribution is 6.78. The fraction of sp³-hybridized carbons (Fsp3) is 0.600. The molecular weight excluding hydrogens is 148 g/mol. The Hall–Kier alpha value is -0.303. The van der Waals surface area contributed by atoms with Crippen LogP contribution in [0, 0.1) is 0 Å². The Labute approximate surface area is 71.0 Å². The minimum atomic E-state index is -0.963. The summed E-state index contributed by atoms with van der Waals surface area (Å²) >= 11 is 0. The highest BCUT2D eigenvalue weighted by atomic mass is 28.3. The molecule has 0 bridgehead atoms. The van der Waals surface area contributed by atoms with E-state index in [0.717, 1.165) is 5.54 Å². The van der Waals surface area contributed by atoms with Crippen molar-refractivity contribution in [3.8, 4) is 0 Å². The third-order valence-corrected chi connectivity index (χ3v) is 4.78. The van der Waals surface area contributed by atoms with E-state index in [0.29, 0.717) is 0 Å². The van der Waals surface area contributed by atoms with Crippen LogP contribution < -0.4 is 0 Å². The van der Waals surface area contributed by atoms with E-state index in [-0.39, 0.29) is 0 Å². The predicted octanol–water partition coefficient (Wildman–Crippen LogP) is 3.60. The lowest BCUT2D eigenvalue weighted by Crippen LogP contribution is -2.27. The van der Waals surface area contributed by atoms with Crippen molar-refractivity contribution in [3.05, 3.63) is 23.8 Å². The molecule has 1 heteroatoms. The molecule has 62 valence electrons. The summed E-state index contributed by atoms with van der Waals surface area (Å²) < 4.78 is 0. The fourth-order valence-corrected chi connectivity index (χ4v) is 3.80. The summed E-state index contributed by atoms with van der Waals surface area (Å²) in [6.07, 6.45) is 8.12. The summed E-state index contributed by atoms with van der Waals surface area (Å²) in [6, 6.07) is 0. The van der Waals surface area contributed by atoms with Crippen molar-refractivity contribution in [1.82, 2.24) is 0 Å². The van der Waals surface area contributed by atoms with Crippen LogP contribution in [0.2, 0.25) is 25.2 Å². The van der Waals surface area contributed by atoms with Gasteiger partial charge in [-0.1, -0.05) is 50.4 Å². The van der Waals surface area contributed by atoms with E-state index in [2.05, 4.69) is 44.8 Å². The van der Waals surface area contributed by atoms with Crippen LogP contribution in [0.15, 0.2) is 23.8 Å². The van der Waals surface area contributed by atoms with Crippen LogP contribution in [0.1, 0.15) is 13.3 Å². The smallest absolute Gasteiger partial charge is 0.0561 e. The van der Waals surface area contributed by atoms with E-state index in [1.165, 1.54) is 6.42 Å². The summed E-state index contributed by atoms with van der Waals surface area (Å²) in [5.41, 5.74) is 2.46. The summed E-state index contributed by atoms with van der Waals surface area (Å²) in [5, 5.41) is 0. The lowest BCUT2D eigenvalue weighted by Gasteiger charge is -2.25. The van der Waals surface area contributed by atoms with Gasteiger partial charge in [0.05, 0.1) is 8.07 Å². The molecule has 0 aromatic heterocycles. The molecule has 0 fully saturated rings. The van der Waals surface area contributed by atoms with E-state index in [1.54, 1.807) is 5.57 Å². The van der Waals surface area contributed by atoms with E-state index in [9.17, 15) is 0 Å². The molecule has 0 aromatic carbocycles. The average molecular weight is 166 g/mol. The van der Waals surface area contributed by atoms with Gasteiger partial charge in [0.2, 0.25) is 0 Å². The van der Waals surface area contributed by atoms with Gasteiger partial charge in [-0.3, -0.25) is 0 Å². The van der Waals surface area contributed by atoms with Crippen molar-refractivity contribution < 1.29 is 0 Å². The van der Waals surface area contributed by atoms with Gasteiger partial charge in [0, 0.05) is 0 Å². The van der Waals surface area contributed by atoms with Gasteiger partial charge < -0.3 is 0 Å². The van der Waals surface area contributed by atoms with Crippen LogP contribution in [0.4, 0.5) is 0 Å². The summed E-state index contributed by atoms with van der Waals surface area (Å²) in [7, 11) is -0.963. The quantitative estimate of drug-likeness (QED) is 0.550. The highest BCUT2D eigenvalue weighted by Gasteiger charge is 2.28. The first-order valence-electron chi connectivity index (χ1n) is 4.43. The van der Waals surface area contributed by atoms with Crippen LogP contribution in [0.25, 0.3) is 0 Å². The third kappa shape index (κ3) is 1.83. The molecular formula is C10H18Si. The molecule has 0 unspecified atom stereocenters. The van der Waals surface area contributed by atoms with Crippen molar-refractivity contribution in [1.29, 1.82) is 0 Å². The first-order chi connectivity index (χ1) is 5.05. The molecule has 0 aromatic rings. The number of hydrogen-bond donors (Lipinski definition) is 0. The van der Waals surface area contributed by atoms with Gasteiger partial charge in [0.15, 0.2) is 0 Å². The maximum absolute atomic E-state index is 2.44. The van der Waals surface area contributed by atoms with Gasteiger partial charge in [-0.25, -0.2) is 0 Å². The maximum Gasteiger partial charge on any atom is 0.0561 e. The fourth-order valence-electron chi connectivity index (χ4n) is 1.70. The molecule has 0 saturated carbocycles. The minimum absolute atomic E-state index is 0.812. The Morgan fingerprint density at radius 2 is 2.00 bits per heavy atom. The molecule has 1 rings (SSSR count). The molecule has 1 aliphatic rings. The molecule has 0 nitrogen and oxygen atoms in total. The SMILES string of the molecule is CCC1=CC=C[C@H]1[Si](C)(C)C. The maximum atomic E-state index is 2.44. The average Bonchev–Trinajstić information content (AvgIpc) is 2.31. The van der Waals surface area contributed by atoms with Crippen molar-refractivity contribution in [2.24, 2.45) is 0 Å². The Bertz CT molecular complexity index is 193. The zero-order valence-electron chi connectivity index (χ0n) is 8.02. The topological polar surface area (TPSA) is 0 Å². The third-order valence-electron chi connectivity index (χ3n) is 2.35. The highest BCUT2D eigenvalue weighted by Crippen LogP contribution is 2.36. The van der Waals surface area contributed by atoms with Crippen LogP contribution >= 0.6 is 0 Å². The normalized spacial score (nSPS) is 24.0. The van der Waals surface area contributed by atoms with E-state index >= 15 is 0 Å². The summed E-state index contributed by atoms with van der Waals surface area (Å²) in [4.78, 5) is 0. The molecule has 0 spiro atoms.